The minimum Gasteiger partial charge on any atom is -0.353 e. The Kier molecular flexibility index (Phi) is 4.06. The second kappa shape index (κ2) is 6.36. The Morgan fingerprint density at radius 3 is 2.54 bits per heavy atom. The Morgan fingerprint density at radius 1 is 1.08 bits per heavy atom. The maximum Gasteiger partial charge on any atom is 0.272 e. The summed E-state index contributed by atoms with van der Waals surface area (Å²) < 4.78 is 0. The van der Waals surface area contributed by atoms with E-state index in [2.05, 4.69) is 19.9 Å². The SMILES string of the molecule is O=C(c1ccnc(C2CC2)n1)N1CCN(c2ccc(Cl)cn2)CC1. The highest BCUT2D eigenvalue weighted by atomic mass is 35.5. The lowest BCUT2D eigenvalue weighted by Gasteiger charge is -2.35. The Hall–Kier alpha value is -2.21. The number of pyridine rings is 1. The molecule has 1 aliphatic heterocycles. The lowest BCUT2D eigenvalue weighted by molar-refractivity contribution is 0.0740. The fraction of sp³-hybridized carbons (Fsp3) is 0.412. The normalized spacial score (nSPS) is 17.9. The number of rotatable bonds is 3. The summed E-state index contributed by atoms with van der Waals surface area (Å²) in [6.45, 7) is 2.82. The van der Waals surface area contributed by atoms with Crippen LogP contribution in [0.5, 0.6) is 0 Å². The van der Waals surface area contributed by atoms with Gasteiger partial charge in [0, 0.05) is 44.5 Å². The fourth-order valence-corrected chi connectivity index (χ4v) is 3.00. The molecule has 2 aromatic rings. The largest absolute Gasteiger partial charge is 0.353 e. The van der Waals surface area contributed by atoms with Crippen LogP contribution in [0, 0.1) is 0 Å². The second-order valence-electron chi connectivity index (χ2n) is 6.19. The summed E-state index contributed by atoms with van der Waals surface area (Å²) in [4.78, 5) is 29.8. The van der Waals surface area contributed by atoms with Crippen LogP contribution in [0.15, 0.2) is 30.6 Å². The summed E-state index contributed by atoms with van der Waals surface area (Å²) in [5.41, 5.74) is 0.505. The van der Waals surface area contributed by atoms with E-state index in [1.807, 2.05) is 17.0 Å². The van der Waals surface area contributed by atoms with Crippen molar-refractivity contribution in [1.29, 1.82) is 0 Å². The molecule has 2 fully saturated rings. The fourth-order valence-electron chi connectivity index (χ4n) is 2.89. The van der Waals surface area contributed by atoms with Gasteiger partial charge in [-0.2, -0.15) is 0 Å². The molecule has 24 heavy (non-hydrogen) atoms. The molecule has 0 bridgehead atoms. The smallest absolute Gasteiger partial charge is 0.272 e. The zero-order chi connectivity index (χ0) is 16.5. The second-order valence-corrected chi connectivity index (χ2v) is 6.62. The molecule has 1 saturated heterocycles. The number of anilines is 1. The van der Waals surface area contributed by atoms with Gasteiger partial charge in [0.15, 0.2) is 0 Å². The van der Waals surface area contributed by atoms with Crippen molar-refractivity contribution in [2.24, 2.45) is 0 Å². The minimum atomic E-state index is -0.0111. The Morgan fingerprint density at radius 2 is 1.88 bits per heavy atom. The molecule has 1 saturated carbocycles. The van der Waals surface area contributed by atoms with Crippen LogP contribution in [-0.2, 0) is 0 Å². The van der Waals surface area contributed by atoms with E-state index in [0.717, 1.165) is 37.6 Å². The molecular formula is C17H18ClN5O. The highest BCUT2D eigenvalue weighted by Crippen LogP contribution is 2.37. The number of piperazine rings is 1. The van der Waals surface area contributed by atoms with E-state index in [1.54, 1.807) is 18.5 Å². The first-order valence-corrected chi connectivity index (χ1v) is 8.57. The van der Waals surface area contributed by atoms with E-state index in [1.165, 1.54) is 0 Å². The van der Waals surface area contributed by atoms with Crippen LogP contribution in [0.1, 0.15) is 35.1 Å². The topological polar surface area (TPSA) is 62.2 Å². The summed E-state index contributed by atoms with van der Waals surface area (Å²) in [5, 5.41) is 0.628. The lowest BCUT2D eigenvalue weighted by Crippen LogP contribution is -2.49. The number of halogens is 1. The third-order valence-electron chi connectivity index (χ3n) is 4.44. The van der Waals surface area contributed by atoms with Gasteiger partial charge in [-0.05, 0) is 31.0 Å². The van der Waals surface area contributed by atoms with Crippen molar-refractivity contribution in [3.63, 3.8) is 0 Å². The molecule has 0 N–H and O–H groups in total. The highest BCUT2D eigenvalue weighted by Gasteiger charge is 2.28. The molecule has 124 valence electrons. The first-order chi connectivity index (χ1) is 11.7. The molecule has 7 heteroatoms. The third kappa shape index (κ3) is 3.19. The van der Waals surface area contributed by atoms with Crippen molar-refractivity contribution in [2.45, 2.75) is 18.8 Å². The van der Waals surface area contributed by atoms with Crippen LogP contribution < -0.4 is 4.90 Å². The van der Waals surface area contributed by atoms with Gasteiger partial charge < -0.3 is 9.80 Å². The Labute approximate surface area is 145 Å². The van der Waals surface area contributed by atoms with E-state index >= 15 is 0 Å². The van der Waals surface area contributed by atoms with Crippen molar-refractivity contribution in [2.75, 3.05) is 31.1 Å². The van der Waals surface area contributed by atoms with Gasteiger partial charge in [0.1, 0.15) is 17.3 Å². The van der Waals surface area contributed by atoms with Gasteiger partial charge in [0.05, 0.1) is 5.02 Å². The van der Waals surface area contributed by atoms with Gasteiger partial charge in [-0.1, -0.05) is 11.6 Å². The number of amides is 1. The zero-order valence-corrected chi connectivity index (χ0v) is 14.0. The molecule has 0 atom stereocenters. The Balaban J connectivity index is 1.40. The van der Waals surface area contributed by atoms with Crippen LogP contribution in [0.25, 0.3) is 0 Å². The number of hydrogen-bond acceptors (Lipinski definition) is 5. The number of hydrogen-bond donors (Lipinski definition) is 0. The maximum atomic E-state index is 12.7. The molecule has 0 radical (unpaired) electrons. The van der Waals surface area contributed by atoms with E-state index in [4.69, 9.17) is 11.6 Å². The number of carbonyl (C=O) groups excluding carboxylic acids is 1. The molecule has 0 aromatic carbocycles. The standard InChI is InChI=1S/C17H18ClN5O/c18-13-3-4-15(20-11-13)22-7-9-23(10-8-22)17(24)14-5-6-19-16(21-14)12-1-2-12/h3-6,11-12H,1-2,7-10H2. The van der Waals surface area contributed by atoms with Crippen molar-refractivity contribution >= 4 is 23.3 Å². The summed E-state index contributed by atoms with van der Waals surface area (Å²) in [6.07, 6.45) is 5.60. The lowest BCUT2D eigenvalue weighted by atomic mass is 10.2. The van der Waals surface area contributed by atoms with Crippen LogP contribution in [0.2, 0.25) is 5.02 Å². The average molecular weight is 344 g/mol. The first kappa shape index (κ1) is 15.3. The number of carbonyl (C=O) groups is 1. The zero-order valence-electron chi connectivity index (χ0n) is 13.2. The summed E-state index contributed by atoms with van der Waals surface area (Å²) >= 11 is 5.88. The van der Waals surface area contributed by atoms with E-state index in [0.29, 0.717) is 29.7 Å². The van der Waals surface area contributed by atoms with E-state index < -0.39 is 0 Å². The predicted octanol–water partition coefficient (Wildman–Crippen LogP) is 2.36. The molecule has 2 aromatic heterocycles. The minimum absolute atomic E-state index is 0.0111. The number of nitrogens with zero attached hydrogens (tertiary/aromatic N) is 5. The average Bonchev–Trinajstić information content (AvgIpc) is 3.47. The van der Waals surface area contributed by atoms with Gasteiger partial charge in [0.2, 0.25) is 0 Å². The predicted molar refractivity (Wildman–Crippen MR) is 91.4 cm³/mol. The molecular weight excluding hydrogens is 326 g/mol. The van der Waals surface area contributed by atoms with Crippen molar-refractivity contribution in [3.8, 4) is 0 Å². The van der Waals surface area contributed by atoms with E-state index in [9.17, 15) is 4.79 Å². The highest BCUT2D eigenvalue weighted by molar-refractivity contribution is 6.30. The van der Waals surface area contributed by atoms with Crippen LogP contribution >= 0.6 is 11.6 Å². The van der Waals surface area contributed by atoms with Gasteiger partial charge in [0.25, 0.3) is 5.91 Å². The molecule has 0 unspecified atom stereocenters. The van der Waals surface area contributed by atoms with Gasteiger partial charge in [-0.25, -0.2) is 15.0 Å². The molecule has 6 nitrogen and oxygen atoms in total. The summed E-state index contributed by atoms with van der Waals surface area (Å²) in [5.74, 6) is 2.14. The molecule has 1 aliphatic carbocycles. The summed E-state index contributed by atoms with van der Waals surface area (Å²) in [6, 6.07) is 5.45. The molecule has 0 spiro atoms. The number of aromatic nitrogens is 3. The van der Waals surface area contributed by atoms with Crippen LogP contribution in [0.3, 0.4) is 0 Å². The van der Waals surface area contributed by atoms with Gasteiger partial charge >= 0.3 is 0 Å². The molecule has 3 heterocycles. The van der Waals surface area contributed by atoms with Crippen molar-refractivity contribution in [1.82, 2.24) is 19.9 Å². The van der Waals surface area contributed by atoms with Crippen molar-refractivity contribution < 1.29 is 4.79 Å². The monoisotopic (exact) mass is 343 g/mol. The third-order valence-corrected chi connectivity index (χ3v) is 4.66. The van der Waals surface area contributed by atoms with Gasteiger partial charge in [-0.15, -0.1) is 0 Å². The molecule has 1 amide bonds. The van der Waals surface area contributed by atoms with Crippen LogP contribution in [0.4, 0.5) is 5.82 Å². The maximum absolute atomic E-state index is 12.7. The summed E-state index contributed by atoms with van der Waals surface area (Å²) in [7, 11) is 0. The van der Waals surface area contributed by atoms with Crippen molar-refractivity contribution in [3.05, 3.63) is 47.1 Å². The molecule has 4 rings (SSSR count). The molecule has 2 aliphatic rings. The Bertz CT molecular complexity index is 739. The first-order valence-electron chi connectivity index (χ1n) is 8.19. The van der Waals surface area contributed by atoms with Crippen LogP contribution in [-0.4, -0.2) is 51.9 Å². The van der Waals surface area contributed by atoms with E-state index in [-0.39, 0.29) is 5.91 Å². The van der Waals surface area contributed by atoms with Gasteiger partial charge in [-0.3, -0.25) is 4.79 Å². The quantitative estimate of drug-likeness (QED) is 0.856.